The molecule has 8 rings (SSSR count). The molecule has 1 aliphatic rings. The second-order valence-corrected chi connectivity index (χ2v) is 15.8. The minimum Gasteiger partial charge on any atom is -0.496 e. The summed E-state index contributed by atoms with van der Waals surface area (Å²) in [5, 5.41) is 33.6. The zero-order chi connectivity index (χ0) is 46.7. The SMILES string of the molecule is COc1cc(Nc2ncc3c(n2)-c2ccc(Cl)cc2C(c2c(F)cccc2OC)=NC3)ccc1C(=O)O.Cn1c(=O)c(F)c(Nc2ccc(I)cc2F)c2c(=O)n(C[C@@H](O)CO)cnc21. The lowest BCUT2D eigenvalue weighted by molar-refractivity contribution is 0.0693. The maximum Gasteiger partial charge on any atom is 0.339 e. The van der Waals surface area contributed by atoms with Gasteiger partial charge in [-0.3, -0.25) is 23.7 Å². The van der Waals surface area contributed by atoms with Gasteiger partial charge in [-0.25, -0.2) is 28.5 Å². The van der Waals surface area contributed by atoms with Crippen LogP contribution in [0.15, 0.2) is 99.9 Å². The number of hydrogen-bond acceptors (Lipinski definition) is 13. The fourth-order valence-electron chi connectivity index (χ4n) is 6.85. The van der Waals surface area contributed by atoms with Crippen LogP contribution in [0.5, 0.6) is 11.5 Å². The Bertz CT molecular complexity index is 3170. The van der Waals surface area contributed by atoms with Crippen molar-refractivity contribution in [3.8, 4) is 22.8 Å². The molecule has 3 aromatic heterocycles. The van der Waals surface area contributed by atoms with E-state index in [1.165, 1.54) is 45.5 Å². The van der Waals surface area contributed by atoms with Crippen LogP contribution >= 0.6 is 34.2 Å². The van der Waals surface area contributed by atoms with Gasteiger partial charge in [0.25, 0.3) is 11.1 Å². The Hall–Kier alpha value is -6.88. The molecule has 0 saturated carbocycles. The molecular weight excluding hydrogens is 988 g/mol. The number of halogens is 5. The van der Waals surface area contributed by atoms with Crippen LogP contribution in [0.1, 0.15) is 27.0 Å². The molecule has 0 unspecified atom stereocenters. The van der Waals surface area contributed by atoms with E-state index in [1.807, 2.05) is 28.7 Å². The van der Waals surface area contributed by atoms with Crippen molar-refractivity contribution in [3.05, 3.63) is 154 Å². The van der Waals surface area contributed by atoms with E-state index in [0.717, 1.165) is 21.0 Å². The number of nitrogens with one attached hydrogen (secondary N) is 2. The molecule has 0 radical (unpaired) electrons. The number of hydrogen-bond donors (Lipinski definition) is 5. The van der Waals surface area contributed by atoms with E-state index < -0.39 is 52.9 Å². The number of aromatic nitrogens is 5. The van der Waals surface area contributed by atoms with Gasteiger partial charge in [0.1, 0.15) is 40.4 Å². The van der Waals surface area contributed by atoms with Crippen molar-refractivity contribution in [2.75, 3.05) is 31.5 Å². The van der Waals surface area contributed by atoms with Gasteiger partial charge in [-0.1, -0.05) is 23.7 Å². The van der Waals surface area contributed by atoms with E-state index in [1.54, 1.807) is 48.7 Å². The van der Waals surface area contributed by atoms with Gasteiger partial charge >= 0.3 is 5.97 Å². The lowest BCUT2D eigenvalue weighted by atomic mass is 9.94. The minimum atomic E-state index is -1.27. The Balaban J connectivity index is 0.000000202. The summed E-state index contributed by atoms with van der Waals surface area (Å²) >= 11 is 8.25. The standard InChI is InChI=1S/C27H20ClFN4O4.C17H15F2IN4O4/c1-36-21-5-3-4-20(29)23(21)25-19-10-15(28)6-8-17(19)24-14(12-30-25)13-31-27(33-24)32-16-7-9-18(26(34)35)22(11-16)37-2;1-23-15-12(16(27)24(7-21-15)5-9(26)6-25)14(13(19)17(23)28)22-11-3-2-8(20)4-10(11)18/h3-11,13H,12H2,1-2H3,(H,34,35)(H,31,32,33);2-4,7,9,22,25-26H,5-6H2,1H3/t;9-/m.1/s1. The predicted molar refractivity (Wildman–Crippen MR) is 245 cm³/mol. The van der Waals surface area contributed by atoms with Crippen LogP contribution in [-0.4, -0.2) is 78.0 Å². The van der Waals surface area contributed by atoms with Crippen LogP contribution in [0, 0.1) is 21.0 Å². The molecule has 1 aliphatic heterocycles. The van der Waals surface area contributed by atoms with Gasteiger partial charge in [0, 0.05) is 50.3 Å². The summed E-state index contributed by atoms with van der Waals surface area (Å²) in [7, 11) is 4.13. The first-order valence-electron chi connectivity index (χ1n) is 19.1. The first-order chi connectivity index (χ1) is 31.1. The van der Waals surface area contributed by atoms with Gasteiger partial charge in [0.15, 0.2) is 5.65 Å². The summed E-state index contributed by atoms with van der Waals surface area (Å²) in [5.74, 6) is -2.71. The van der Waals surface area contributed by atoms with Crippen LogP contribution in [-0.2, 0) is 20.1 Å². The number of aryl methyl sites for hydroxylation is 1. The number of rotatable bonds is 11. The van der Waals surface area contributed by atoms with Crippen molar-refractivity contribution in [3.63, 3.8) is 0 Å². The molecule has 1 atom stereocenters. The van der Waals surface area contributed by atoms with E-state index in [4.69, 9.17) is 36.2 Å². The molecule has 0 saturated heterocycles. The zero-order valence-corrected chi connectivity index (χ0v) is 37.2. The Morgan fingerprint density at radius 2 is 1.71 bits per heavy atom. The lowest BCUT2D eigenvalue weighted by Crippen LogP contribution is -2.32. The summed E-state index contributed by atoms with van der Waals surface area (Å²) in [6.45, 7) is -0.680. The van der Waals surface area contributed by atoms with Gasteiger partial charge in [-0.05, 0) is 77.2 Å². The maximum atomic E-state index is 15.0. The third kappa shape index (κ3) is 9.51. The number of carboxylic acids is 1. The number of aliphatic hydroxyl groups excluding tert-OH is 2. The van der Waals surface area contributed by atoms with Crippen molar-refractivity contribution < 1.29 is 42.8 Å². The van der Waals surface area contributed by atoms with E-state index in [0.29, 0.717) is 42.6 Å². The molecule has 0 bridgehead atoms. The maximum absolute atomic E-state index is 15.0. The Labute approximate surface area is 384 Å². The number of methoxy groups -OCH3 is 2. The van der Waals surface area contributed by atoms with Crippen LogP contribution in [0.25, 0.3) is 22.3 Å². The molecule has 334 valence electrons. The first kappa shape index (κ1) is 46.1. The van der Waals surface area contributed by atoms with Crippen LogP contribution in [0.4, 0.5) is 36.2 Å². The molecule has 0 aliphatic carbocycles. The summed E-state index contributed by atoms with van der Waals surface area (Å²) < 4.78 is 57.1. The van der Waals surface area contributed by atoms with Crippen LogP contribution < -0.4 is 31.2 Å². The Morgan fingerprint density at radius 1 is 0.938 bits per heavy atom. The number of carbonyl (C=O) groups is 1. The highest BCUT2D eigenvalue weighted by atomic mass is 127. The van der Waals surface area contributed by atoms with E-state index in [-0.39, 0.29) is 52.6 Å². The average Bonchev–Trinajstić information content (AvgIpc) is 3.44. The van der Waals surface area contributed by atoms with Crippen LogP contribution in [0.3, 0.4) is 0 Å². The van der Waals surface area contributed by atoms with E-state index in [9.17, 15) is 33.4 Å². The van der Waals surface area contributed by atoms with Crippen molar-refractivity contribution in [2.24, 2.45) is 12.0 Å². The number of fused-ring (bicyclic) bond motifs is 4. The van der Waals surface area contributed by atoms with Gasteiger partial charge in [0.05, 0.1) is 68.4 Å². The smallest absolute Gasteiger partial charge is 0.339 e. The quantitative estimate of drug-likeness (QED) is 0.0843. The molecule has 16 nitrogen and oxygen atoms in total. The lowest BCUT2D eigenvalue weighted by Gasteiger charge is -2.15. The number of anilines is 4. The molecule has 4 aromatic carbocycles. The van der Waals surface area contributed by atoms with Crippen LogP contribution in [0.2, 0.25) is 5.02 Å². The minimum absolute atomic E-state index is 0.0370. The van der Waals surface area contributed by atoms with Crippen molar-refractivity contribution in [1.29, 1.82) is 0 Å². The largest absolute Gasteiger partial charge is 0.496 e. The highest BCUT2D eigenvalue weighted by Crippen LogP contribution is 2.37. The fourth-order valence-corrected chi connectivity index (χ4v) is 7.47. The van der Waals surface area contributed by atoms with Gasteiger partial charge in [-0.15, -0.1) is 0 Å². The summed E-state index contributed by atoms with van der Waals surface area (Å²) in [6.07, 6.45) is 1.49. The highest BCUT2D eigenvalue weighted by molar-refractivity contribution is 14.1. The number of benzene rings is 4. The molecule has 0 amide bonds. The molecule has 21 heteroatoms. The highest BCUT2D eigenvalue weighted by Gasteiger charge is 2.26. The molecule has 5 N–H and O–H groups in total. The van der Waals surface area contributed by atoms with Gasteiger partial charge in [-0.2, -0.15) is 4.39 Å². The first-order valence-corrected chi connectivity index (χ1v) is 20.6. The summed E-state index contributed by atoms with van der Waals surface area (Å²) in [5.41, 5.74) is 1.30. The zero-order valence-electron chi connectivity index (χ0n) is 34.2. The molecular formula is C44H35ClF3IN8O8. The van der Waals surface area contributed by atoms with Crippen molar-refractivity contribution in [1.82, 2.24) is 24.1 Å². The monoisotopic (exact) mass is 1020 g/mol. The third-order valence-electron chi connectivity index (χ3n) is 9.99. The number of aliphatic hydroxyl groups is 2. The number of nitrogens with zero attached hydrogens (tertiary/aromatic N) is 6. The van der Waals surface area contributed by atoms with Crippen molar-refractivity contribution in [2.45, 2.75) is 19.2 Å². The molecule has 65 heavy (non-hydrogen) atoms. The second-order valence-electron chi connectivity index (χ2n) is 14.1. The number of aromatic carboxylic acids is 1. The molecule has 0 spiro atoms. The number of aliphatic imine (C=N–C) groups is 1. The average molecular weight is 1020 g/mol. The number of carboxylic acid groups (broad SMARTS) is 1. The van der Waals surface area contributed by atoms with E-state index in [2.05, 4.69) is 20.6 Å². The normalized spacial score (nSPS) is 12.2. The number of pyridine rings is 1. The predicted octanol–water partition coefficient (Wildman–Crippen LogP) is 6.82. The molecule has 0 fully saturated rings. The van der Waals surface area contributed by atoms with Crippen molar-refractivity contribution >= 4 is 79.9 Å². The van der Waals surface area contributed by atoms with Gasteiger partial charge in [0.2, 0.25) is 11.8 Å². The van der Waals surface area contributed by atoms with Gasteiger partial charge < -0.3 is 35.4 Å². The summed E-state index contributed by atoms with van der Waals surface area (Å²) in [4.78, 5) is 54.3. The third-order valence-corrected chi connectivity index (χ3v) is 10.9. The second kappa shape index (κ2) is 19.5. The Kier molecular flexibility index (Phi) is 13.8. The molecule has 4 heterocycles. The summed E-state index contributed by atoms with van der Waals surface area (Å²) in [6, 6.07) is 18.6. The fraction of sp³-hybridized carbons (Fsp3) is 0.159. The van der Waals surface area contributed by atoms with E-state index >= 15 is 4.39 Å². The Morgan fingerprint density at radius 3 is 2.42 bits per heavy atom. The topological polar surface area (TPSA) is 215 Å². The molecule has 7 aromatic rings. The number of ether oxygens (including phenoxy) is 2.